The van der Waals surface area contributed by atoms with Gasteiger partial charge in [-0.1, -0.05) is 49.2 Å². The molecule has 12 nitrogen and oxygen atoms in total. The Morgan fingerprint density at radius 1 is 1.00 bits per heavy atom. The number of carbonyl (C=O) groups excluding carboxylic acids is 2. The molecule has 0 unspecified atom stereocenters. The Kier molecular flexibility index (Phi) is 16.5. The molecule has 1 aromatic rings. The van der Waals surface area contributed by atoms with Crippen LogP contribution in [0.15, 0.2) is 52.9 Å². The zero-order valence-corrected chi connectivity index (χ0v) is 25.3. The summed E-state index contributed by atoms with van der Waals surface area (Å²) in [5.41, 5.74) is 7.31. The monoisotopic (exact) mass is 630 g/mol. The van der Waals surface area contributed by atoms with Crippen LogP contribution in [0.4, 0.5) is 0 Å². The fourth-order valence-electron chi connectivity index (χ4n) is 3.63. The fraction of sp³-hybridized carbons (Fsp3) is 0.429. The molecule has 2 rings (SSSR count). The van der Waals surface area contributed by atoms with Gasteiger partial charge in [0.05, 0.1) is 73.0 Å². The van der Waals surface area contributed by atoms with E-state index in [9.17, 15) is 19.2 Å². The Bertz CT molecular complexity index is 1200. The summed E-state index contributed by atoms with van der Waals surface area (Å²) in [6.07, 6.45) is 1.12. The van der Waals surface area contributed by atoms with Gasteiger partial charge in [-0.3, -0.25) is 0 Å². The number of carbonyl (C=O) groups is 4. The van der Waals surface area contributed by atoms with Crippen molar-refractivity contribution in [1.82, 2.24) is 5.32 Å². The molecule has 5 N–H and O–H groups in total. The van der Waals surface area contributed by atoms with E-state index in [1.165, 1.54) is 7.11 Å². The topological polar surface area (TPSA) is 184 Å². The maximum atomic E-state index is 13.4. The predicted molar refractivity (Wildman–Crippen MR) is 155 cm³/mol. The number of rotatable bonds is 14. The van der Waals surface area contributed by atoms with Crippen LogP contribution in [-0.4, -0.2) is 80.8 Å². The number of methoxy groups -OCH3 is 1. The Hall–Kier alpha value is -3.42. The van der Waals surface area contributed by atoms with E-state index in [0.717, 1.165) is 0 Å². The molecule has 1 heterocycles. The molecule has 0 aromatic heterocycles. The van der Waals surface area contributed by atoms with E-state index in [1.54, 1.807) is 25.1 Å². The third-order valence-electron chi connectivity index (χ3n) is 5.36. The smallest absolute Gasteiger partial charge is 0.336 e. The van der Waals surface area contributed by atoms with E-state index in [0.29, 0.717) is 53.9 Å². The quantitative estimate of drug-likeness (QED) is 0.134. The first-order valence-electron chi connectivity index (χ1n) is 12.7. The number of dihydropyridines is 1. The molecule has 0 amide bonds. The summed E-state index contributed by atoms with van der Waals surface area (Å²) in [6, 6.07) is 5.06. The third-order valence-corrected chi connectivity index (χ3v) is 6.19. The second-order valence-electron chi connectivity index (χ2n) is 9.08. The summed E-state index contributed by atoms with van der Waals surface area (Å²) >= 11 is 12.8. The van der Waals surface area contributed by atoms with Gasteiger partial charge in [0, 0.05) is 24.4 Å². The molecule has 0 aliphatic carbocycles. The molecule has 0 fully saturated rings. The number of carboxylic acid groups (broad SMARTS) is 2. The highest BCUT2D eigenvalue weighted by Gasteiger charge is 2.40. The summed E-state index contributed by atoms with van der Waals surface area (Å²) in [4.78, 5) is 45.3. The first-order valence-corrected chi connectivity index (χ1v) is 13.5. The van der Waals surface area contributed by atoms with Gasteiger partial charge in [-0.15, -0.1) is 0 Å². The Morgan fingerprint density at radius 2 is 1.62 bits per heavy atom. The van der Waals surface area contributed by atoms with Gasteiger partial charge in [0.25, 0.3) is 0 Å². The largest absolute Gasteiger partial charge is 0.478 e. The van der Waals surface area contributed by atoms with Crippen LogP contribution in [0.25, 0.3) is 0 Å². The Balaban J connectivity index is 0.000000962. The van der Waals surface area contributed by atoms with E-state index in [4.69, 9.17) is 58.1 Å². The predicted octanol–water partition coefficient (Wildman–Crippen LogP) is 3.28. The summed E-state index contributed by atoms with van der Waals surface area (Å²) < 4.78 is 21.7. The van der Waals surface area contributed by atoms with Crippen LogP contribution < -0.4 is 11.1 Å². The zero-order chi connectivity index (χ0) is 31.8. The van der Waals surface area contributed by atoms with Crippen molar-refractivity contribution < 1.29 is 48.3 Å². The first kappa shape index (κ1) is 36.6. The number of nitrogens with two attached hydrogens (primary N) is 1. The molecule has 0 saturated carbocycles. The lowest BCUT2D eigenvalue weighted by atomic mass is 9.80. The van der Waals surface area contributed by atoms with Crippen LogP contribution in [0.1, 0.15) is 32.3 Å². The molecule has 0 saturated heterocycles. The van der Waals surface area contributed by atoms with Crippen LogP contribution in [0.2, 0.25) is 10.0 Å². The van der Waals surface area contributed by atoms with Gasteiger partial charge in [-0.25, -0.2) is 19.2 Å². The van der Waals surface area contributed by atoms with Crippen molar-refractivity contribution in [3.8, 4) is 0 Å². The number of hydrogen-bond acceptors (Lipinski definition) is 10. The minimum atomic E-state index is -1.26. The minimum Gasteiger partial charge on any atom is -0.478 e. The highest BCUT2D eigenvalue weighted by atomic mass is 35.5. The molecule has 232 valence electrons. The number of hydrogen-bond donors (Lipinski definition) is 4. The summed E-state index contributed by atoms with van der Waals surface area (Å²) in [6.45, 7) is 7.32. The van der Waals surface area contributed by atoms with Gasteiger partial charge in [0.15, 0.2) is 0 Å². The second-order valence-corrected chi connectivity index (χ2v) is 9.86. The van der Waals surface area contributed by atoms with Gasteiger partial charge in [0.1, 0.15) is 0 Å². The molecule has 1 aliphatic heterocycles. The third kappa shape index (κ3) is 11.8. The van der Waals surface area contributed by atoms with Gasteiger partial charge in [-0.05, 0) is 24.5 Å². The van der Waals surface area contributed by atoms with Crippen molar-refractivity contribution in [2.45, 2.75) is 26.7 Å². The SMILES string of the molecule is COC(=O)C1=C(C)NC(COCCOCCN)=C(C(=O)OCC(C)C)[C@@H]1c1cccc(Cl)c1Cl.O=C(O)/C=C/C(=O)O. The van der Waals surface area contributed by atoms with Crippen molar-refractivity contribution in [3.63, 3.8) is 0 Å². The molecule has 1 atom stereocenters. The van der Waals surface area contributed by atoms with Crippen LogP contribution in [-0.2, 0) is 38.1 Å². The van der Waals surface area contributed by atoms with Gasteiger partial charge in [-0.2, -0.15) is 0 Å². The second kappa shape index (κ2) is 18.9. The molecule has 14 heteroatoms. The van der Waals surface area contributed by atoms with E-state index in [2.05, 4.69) is 5.32 Å². The number of allylic oxidation sites excluding steroid dienone is 1. The standard InChI is InChI=1S/C24H32Cl2N2O6.C4H4O4/c1-14(2)12-34-24(30)21-18(13-33-11-10-32-9-8-27)28-15(3)19(23(29)31-4)20(21)16-6-5-7-17(25)22(16)26;5-3(6)1-2-4(7)8/h5-7,14,20,28H,8-13,27H2,1-4H3;1-2H,(H,5,6)(H,7,8)/b;2-1+/t20-;/m1./s1. The average Bonchev–Trinajstić information content (AvgIpc) is 2.93. The van der Waals surface area contributed by atoms with Crippen LogP contribution in [0, 0.1) is 5.92 Å². The lowest BCUT2D eigenvalue weighted by Gasteiger charge is -2.32. The molecule has 42 heavy (non-hydrogen) atoms. The molecule has 1 aliphatic rings. The minimum absolute atomic E-state index is 0.0541. The Labute approximate surface area is 254 Å². The molecule has 1 aromatic carbocycles. The van der Waals surface area contributed by atoms with Crippen LogP contribution in [0.5, 0.6) is 0 Å². The number of halogens is 2. The molecular weight excluding hydrogens is 595 g/mol. The Morgan fingerprint density at radius 3 is 2.17 bits per heavy atom. The number of ether oxygens (including phenoxy) is 4. The van der Waals surface area contributed by atoms with Crippen molar-refractivity contribution in [3.05, 3.63) is 68.5 Å². The number of nitrogens with one attached hydrogen (secondary N) is 1. The lowest BCUT2D eigenvalue weighted by Crippen LogP contribution is -2.35. The van der Waals surface area contributed by atoms with E-state index in [-0.39, 0.29) is 41.9 Å². The zero-order valence-electron chi connectivity index (χ0n) is 23.8. The summed E-state index contributed by atoms with van der Waals surface area (Å²) in [7, 11) is 1.28. The molecule has 0 radical (unpaired) electrons. The van der Waals surface area contributed by atoms with E-state index < -0.39 is 29.8 Å². The van der Waals surface area contributed by atoms with Crippen LogP contribution >= 0.6 is 23.2 Å². The van der Waals surface area contributed by atoms with Gasteiger partial charge < -0.3 is 40.2 Å². The summed E-state index contributed by atoms with van der Waals surface area (Å²) in [5.74, 6) is -4.46. The first-order chi connectivity index (χ1) is 19.8. The number of benzene rings is 1. The van der Waals surface area contributed by atoms with Gasteiger partial charge >= 0.3 is 23.9 Å². The maximum absolute atomic E-state index is 13.4. The van der Waals surface area contributed by atoms with Crippen molar-refractivity contribution >= 4 is 47.1 Å². The fourth-order valence-corrected chi connectivity index (χ4v) is 4.04. The molecule has 0 spiro atoms. The highest BCUT2D eigenvalue weighted by Crippen LogP contribution is 2.43. The highest BCUT2D eigenvalue weighted by molar-refractivity contribution is 6.42. The van der Waals surface area contributed by atoms with Crippen molar-refractivity contribution in [1.29, 1.82) is 0 Å². The average molecular weight is 632 g/mol. The number of carboxylic acids is 2. The van der Waals surface area contributed by atoms with E-state index >= 15 is 0 Å². The number of esters is 2. The molecule has 0 bridgehead atoms. The van der Waals surface area contributed by atoms with Gasteiger partial charge in [0.2, 0.25) is 0 Å². The maximum Gasteiger partial charge on any atom is 0.336 e. The van der Waals surface area contributed by atoms with Crippen LogP contribution in [0.3, 0.4) is 0 Å². The summed E-state index contributed by atoms with van der Waals surface area (Å²) in [5, 5.41) is 19.3. The lowest BCUT2D eigenvalue weighted by molar-refractivity contribution is -0.140. The molecular formula is C28H36Cl2N2O10. The van der Waals surface area contributed by atoms with E-state index in [1.807, 2.05) is 13.8 Å². The van der Waals surface area contributed by atoms with Crippen molar-refractivity contribution in [2.75, 3.05) is 46.7 Å². The van der Waals surface area contributed by atoms with Crippen molar-refractivity contribution in [2.24, 2.45) is 11.7 Å². The number of aliphatic carboxylic acids is 2. The normalized spacial score (nSPS) is 14.8.